The normalized spacial score (nSPS) is 26.5. The first kappa shape index (κ1) is 16.4. The Morgan fingerprint density at radius 2 is 2.00 bits per heavy atom. The van der Waals surface area contributed by atoms with Crippen LogP contribution in [0.3, 0.4) is 0 Å². The molecule has 1 aliphatic rings. The molecule has 0 amide bonds. The number of nitrogens with one attached hydrogen (secondary N) is 1. The van der Waals surface area contributed by atoms with Crippen LogP contribution in [0.25, 0.3) is 0 Å². The number of carboxylic acid groups (broad SMARTS) is 1. The average Bonchev–Trinajstić information content (AvgIpc) is 2.33. The van der Waals surface area contributed by atoms with Crippen LogP contribution in [0.4, 0.5) is 0 Å². The van der Waals surface area contributed by atoms with Crippen LogP contribution in [0.15, 0.2) is 0 Å². The predicted octanol–water partition coefficient (Wildman–Crippen LogP) is -0.0502. The lowest BCUT2D eigenvalue weighted by atomic mass is 9.95. The van der Waals surface area contributed by atoms with E-state index in [1.165, 1.54) is 0 Å². The molecule has 0 bridgehead atoms. The topological polar surface area (TPSA) is 86.7 Å². The van der Waals surface area contributed by atoms with E-state index in [4.69, 9.17) is 0 Å². The van der Waals surface area contributed by atoms with Crippen molar-refractivity contribution in [2.45, 2.75) is 32.2 Å². The van der Waals surface area contributed by atoms with Crippen LogP contribution in [-0.4, -0.2) is 67.6 Å². The highest BCUT2D eigenvalue weighted by Gasteiger charge is 2.44. The summed E-state index contributed by atoms with van der Waals surface area (Å²) in [6, 6.07) is 0. The quantitative estimate of drug-likeness (QED) is 0.684. The third-order valence-corrected chi connectivity index (χ3v) is 5.56. The first-order valence-electron chi connectivity index (χ1n) is 6.76. The lowest BCUT2D eigenvalue weighted by Gasteiger charge is -2.34. The second-order valence-electron chi connectivity index (χ2n) is 5.04. The fraction of sp³-hybridized carbons (Fsp3) is 0.917. The smallest absolute Gasteiger partial charge is 0.324 e. The van der Waals surface area contributed by atoms with Crippen LogP contribution >= 0.6 is 0 Å². The molecule has 1 rings (SSSR count). The molecule has 0 aromatic heterocycles. The summed E-state index contributed by atoms with van der Waals surface area (Å²) in [4.78, 5) is 13.6. The van der Waals surface area contributed by atoms with Gasteiger partial charge in [-0.2, -0.15) is 0 Å². The van der Waals surface area contributed by atoms with Crippen molar-refractivity contribution in [3.63, 3.8) is 0 Å². The fourth-order valence-corrected chi connectivity index (χ4v) is 4.34. The standard InChI is InChI=1S/C12H24N2O4S/c1-3-14(4-2)8-7-13-12(11(15)16)6-5-9-19(17,18)10-12/h13H,3-10H2,1-2H3,(H,15,16). The van der Waals surface area contributed by atoms with Gasteiger partial charge in [0.05, 0.1) is 11.5 Å². The van der Waals surface area contributed by atoms with E-state index in [0.717, 1.165) is 19.6 Å². The summed E-state index contributed by atoms with van der Waals surface area (Å²) in [5.74, 6) is -1.26. The number of likely N-dealkylation sites (N-methyl/N-ethyl adjacent to an activating group) is 1. The Morgan fingerprint density at radius 3 is 2.47 bits per heavy atom. The first-order chi connectivity index (χ1) is 8.85. The predicted molar refractivity (Wildman–Crippen MR) is 74.0 cm³/mol. The van der Waals surface area contributed by atoms with Gasteiger partial charge in [-0.1, -0.05) is 13.8 Å². The fourth-order valence-electron chi connectivity index (χ4n) is 2.49. The summed E-state index contributed by atoms with van der Waals surface area (Å²) in [7, 11) is -3.25. The maximum atomic E-state index is 11.7. The van der Waals surface area contributed by atoms with E-state index in [-0.39, 0.29) is 11.5 Å². The van der Waals surface area contributed by atoms with Crippen molar-refractivity contribution >= 4 is 15.8 Å². The molecule has 0 aromatic rings. The summed E-state index contributed by atoms with van der Waals surface area (Å²) < 4.78 is 23.3. The number of hydrogen-bond donors (Lipinski definition) is 2. The molecule has 1 unspecified atom stereocenters. The molecular formula is C12H24N2O4S. The number of carboxylic acids is 1. The zero-order valence-corrected chi connectivity index (χ0v) is 12.5. The molecule has 2 N–H and O–H groups in total. The second-order valence-corrected chi connectivity index (χ2v) is 7.22. The summed E-state index contributed by atoms with van der Waals surface area (Å²) in [5.41, 5.74) is -1.30. The average molecular weight is 292 g/mol. The van der Waals surface area contributed by atoms with Gasteiger partial charge in [-0.3, -0.25) is 10.1 Å². The molecule has 1 heterocycles. The maximum absolute atomic E-state index is 11.7. The van der Waals surface area contributed by atoms with Gasteiger partial charge in [-0.15, -0.1) is 0 Å². The van der Waals surface area contributed by atoms with Gasteiger partial charge in [0.2, 0.25) is 0 Å². The Balaban J connectivity index is 2.65. The monoisotopic (exact) mass is 292 g/mol. The Morgan fingerprint density at radius 1 is 1.37 bits per heavy atom. The van der Waals surface area contributed by atoms with Crippen LogP contribution in [0.2, 0.25) is 0 Å². The Kier molecular flexibility index (Phi) is 5.76. The second kappa shape index (κ2) is 6.67. The van der Waals surface area contributed by atoms with Crippen molar-refractivity contribution in [1.82, 2.24) is 10.2 Å². The number of nitrogens with zero attached hydrogens (tertiary/aromatic N) is 1. The number of carbonyl (C=O) groups is 1. The van der Waals surface area contributed by atoms with E-state index in [0.29, 0.717) is 19.4 Å². The third-order valence-electron chi connectivity index (χ3n) is 3.72. The molecule has 1 saturated heterocycles. The summed E-state index contributed by atoms with van der Waals surface area (Å²) in [6.07, 6.45) is 0.784. The molecule has 1 fully saturated rings. The highest BCUT2D eigenvalue weighted by atomic mass is 32.2. The molecule has 0 spiro atoms. The van der Waals surface area contributed by atoms with Gasteiger partial charge >= 0.3 is 5.97 Å². The summed E-state index contributed by atoms with van der Waals surface area (Å²) in [5, 5.41) is 12.3. The molecule has 7 heteroatoms. The minimum atomic E-state index is -3.25. The van der Waals surface area contributed by atoms with Crippen molar-refractivity contribution < 1.29 is 18.3 Å². The van der Waals surface area contributed by atoms with Gasteiger partial charge in [-0.25, -0.2) is 8.42 Å². The molecule has 1 aliphatic heterocycles. The number of sulfone groups is 1. The van der Waals surface area contributed by atoms with Crippen molar-refractivity contribution in [3.8, 4) is 0 Å². The van der Waals surface area contributed by atoms with Crippen molar-refractivity contribution in [2.75, 3.05) is 37.7 Å². The number of aliphatic carboxylic acids is 1. The van der Waals surface area contributed by atoms with Gasteiger partial charge in [0.25, 0.3) is 0 Å². The van der Waals surface area contributed by atoms with E-state index >= 15 is 0 Å². The molecule has 0 saturated carbocycles. The maximum Gasteiger partial charge on any atom is 0.324 e. The summed E-state index contributed by atoms with van der Waals surface area (Å²) in [6.45, 7) is 7.10. The SMILES string of the molecule is CCN(CC)CCNC1(C(=O)O)CCCS(=O)(=O)C1. The van der Waals surface area contributed by atoms with Crippen molar-refractivity contribution in [2.24, 2.45) is 0 Å². The lowest BCUT2D eigenvalue weighted by Crippen LogP contribution is -2.60. The van der Waals surface area contributed by atoms with Gasteiger partial charge in [-0.05, 0) is 25.9 Å². The zero-order chi connectivity index (χ0) is 14.5. The molecule has 6 nitrogen and oxygen atoms in total. The first-order valence-corrected chi connectivity index (χ1v) is 8.58. The van der Waals surface area contributed by atoms with Crippen LogP contribution < -0.4 is 5.32 Å². The number of rotatable bonds is 7. The number of hydrogen-bond acceptors (Lipinski definition) is 5. The van der Waals surface area contributed by atoms with E-state index in [9.17, 15) is 18.3 Å². The summed E-state index contributed by atoms with van der Waals surface area (Å²) >= 11 is 0. The minimum absolute atomic E-state index is 0.0970. The van der Waals surface area contributed by atoms with E-state index in [1.54, 1.807) is 0 Å². The highest BCUT2D eigenvalue weighted by Crippen LogP contribution is 2.23. The third kappa shape index (κ3) is 4.43. The molecule has 19 heavy (non-hydrogen) atoms. The molecule has 0 aromatic carbocycles. The molecular weight excluding hydrogens is 268 g/mol. The highest BCUT2D eigenvalue weighted by molar-refractivity contribution is 7.91. The van der Waals surface area contributed by atoms with E-state index in [2.05, 4.69) is 10.2 Å². The molecule has 0 radical (unpaired) electrons. The van der Waals surface area contributed by atoms with Gasteiger partial charge in [0.1, 0.15) is 5.54 Å². The largest absolute Gasteiger partial charge is 0.480 e. The van der Waals surface area contributed by atoms with Crippen molar-refractivity contribution in [1.29, 1.82) is 0 Å². The lowest BCUT2D eigenvalue weighted by molar-refractivity contribution is -0.144. The van der Waals surface area contributed by atoms with Gasteiger partial charge in [0, 0.05) is 13.1 Å². The van der Waals surface area contributed by atoms with Crippen LogP contribution in [0.5, 0.6) is 0 Å². The Labute approximate surface area is 115 Å². The molecule has 112 valence electrons. The van der Waals surface area contributed by atoms with Gasteiger partial charge in [0.15, 0.2) is 9.84 Å². The minimum Gasteiger partial charge on any atom is -0.480 e. The Bertz CT molecular complexity index is 406. The van der Waals surface area contributed by atoms with Crippen LogP contribution in [0, 0.1) is 0 Å². The van der Waals surface area contributed by atoms with Gasteiger partial charge < -0.3 is 10.0 Å². The molecule has 1 atom stereocenters. The van der Waals surface area contributed by atoms with E-state index in [1.807, 2.05) is 13.8 Å². The zero-order valence-electron chi connectivity index (χ0n) is 11.7. The van der Waals surface area contributed by atoms with Crippen LogP contribution in [0.1, 0.15) is 26.7 Å². The van der Waals surface area contributed by atoms with Crippen molar-refractivity contribution in [3.05, 3.63) is 0 Å². The van der Waals surface area contributed by atoms with E-state index < -0.39 is 21.3 Å². The molecule has 0 aliphatic carbocycles. The Hall–Kier alpha value is -0.660. The van der Waals surface area contributed by atoms with Crippen LogP contribution in [-0.2, 0) is 14.6 Å².